The number of anilines is 1. The summed E-state index contributed by atoms with van der Waals surface area (Å²) >= 11 is 0.869. The summed E-state index contributed by atoms with van der Waals surface area (Å²) in [7, 11) is -16.5. The lowest BCUT2D eigenvalue weighted by atomic mass is 9.87. The van der Waals surface area contributed by atoms with Gasteiger partial charge in [0.25, 0.3) is 0 Å². The van der Waals surface area contributed by atoms with Gasteiger partial charge < -0.3 is 75.7 Å². The summed E-state index contributed by atoms with van der Waals surface area (Å²) in [5, 5.41) is 56.2. The zero-order valence-electron chi connectivity index (χ0n) is 35.8. The number of hydrogen-bond acceptors (Lipinski definition) is 23. The zero-order valence-corrected chi connectivity index (χ0v) is 39.3. The minimum atomic E-state index is -5.61. The second-order valence-corrected chi connectivity index (χ2v) is 21.3. The van der Waals surface area contributed by atoms with Crippen molar-refractivity contribution in [3.63, 3.8) is 0 Å². The molecule has 2 aromatic heterocycles. The third-order valence-corrected chi connectivity index (χ3v) is 13.8. The fourth-order valence-electron chi connectivity index (χ4n) is 6.36. The highest BCUT2D eigenvalue weighted by Crippen LogP contribution is 2.61. The lowest BCUT2D eigenvalue weighted by Gasteiger charge is -2.36. The number of phosphoric ester groups is 3. The number of thioether (sulfide) groups is 1. The number of aromatic nitrogens is 4. The highest BCUT2D eigenvalue weighted by Gasteiger charge is 2.50. The molecule has 66 heavy (non-hydrogen) atoms. The molecule has 2 aliphatic rings. The summed E-state index contributed by atoms with van der Waals surface area (Å²) < 4.78 is 73.4. The van der Waals surface area contributed by atoms with E-state index >= 15 is 0 Å². The number of aliphatic hydroxyl groups is 5. The summed E-state index contributed by atoms with van der Waals surface area (Å²) in [6, 6.07) is 0. The monoisotopic (exact) mass is 1030 g/mol. The molecular weight excluding hydrogens is 971 g/mol. The molecule has 0 saturated carbocycles. The predicted molar refractivity (Wildman–Crippen MR) is 224 cm³/mol. The number of phosphoric acid groups is 3. The molecular formula is C33H56N7O22P3S. The summed E-state index contributed by atoms with van der Waals surface area (Å²) in [5.74, 6) is -1.45. The summed E-state index contributed by atoms with van der Waals surface area (Å²) in [6.45, 7) is 3.43. The Kier molecular flexibility index (Phi) is 20.2. The topological polar surface area (TPSA) is 443 Å². The number of fused-ring (bicyclic) bond motifs is 1. The molecule has 0 bridgehead atoms. The third kappa shape index (κ3) is 16.8. The van der Waals surface area contributed by atoms with Gasteiger partial charge >= 0.3 is 23.5 Å². The van der Waals surface area contributed by atoms with Crippen molar-refractivity contribution < 1.29 is 105 Å². The molecule has 0 aliphatic carbocycles. The number of carbonyl (C=O) groups is 3. The van der Waals surface area contributed by atoms with Gasteiger partial charge in [0.15, 0.2) is 29.1 Å². The number of ether oxygens (including phenoxy) is 3. The Morgan fingerprint density at radius 1 is 1.00 bits per heavy atom. The smallest absolute Gasteiger partial charge is 0.393 e. The first-order valence-electron chi connectivity index (χ1n) is 20.0. The van der Waals surface area contributed by atoms with Crippen LogP contribution in [0.4, 0.5) is 5.82 Å². The van der Waals surface area contributed by atoms with Gasteiger partial charge in [0.2, 0.25) is 11.8 Å². The normalized spacial score (nSPS) is 27.1. The van der Waals surface area contributed by atoms with Crippen LogP contribution in [0.3, 0.4) is 0 Å². The van der Waals surface area contributed by atoms with Crippen molar-refractivity contribution >= 4 is 69.1 Å². The van der Waals surface area contributed by atoms with Crippen molar-refractivity contribution in [1.82, 2.24) is 30.2 Å². The van der Waals surface area contributed by atoms with Crippen LogP contribution in [0.15, 0.2) is 12.7 Å². The molecule has 2 aromatic rings. The lowest BCUT2D eigenvalue weighted by Crippen LogP contribution is -2.48. The van der Waals surface area contributed by atoms with Crippen LogP contribution in [0.5, 0.6) is 0 Å². The van der Waals surface area contributed by atoms with Gasteiger partial charge in [0.1, 0.15) is 42.4 Å². The van der Waals surface area contributed by atoms with Gasteiger partial charge in [-0.1, -0.05) is 25.6 Å². The van der Waals surface area contributed by atoms with Crippen LogP contribution in [-0.4, -0.2) is 175 Å². The number of carbonyl (C=O) groups excluding carboxylic acids is 3. The molecule has 13 atom stereocenters. The van der Waals surface area contributed by atoms with Crippen molar-refractivity contribution in [3.8, 4) is 0 Å². The molecule has 0 aromatic carbocycles. The number of nitrogen functional groups attached to an aromatic ring is 1. The van der Waals surface area contributed by atoms with Crippen molar-refractivity contribution in [1.29, 1.82) is 0 Å². The Morgan fingerprint density at radius 2 is 1.68 bits per heavy atom. The molecule has 2 fully saturated rings. The van der Waals surface area contributed by atoms with E-state index in [4.69, 9.17) is 29.0 Å². The molecule has 4 heterocycles. The van der Waals surface area contributed by atoms with Gasteiger partial charge in [0, 0.05) is 43.5 Å². The number of amides is 2. The van der Waals surface area contributed by atoms with Crippen LogP contribution in [-0.2, 0) is 60.2 Å². The summed E-state index contributed by atoms with van der Waals surface area (Å²) in [5.41, 5.74) is 4.19. The fourth-order valence-corrected chi connectivity index (χ4v) is 9.93. The maximum absolute atomic E-state index is 12.7. The highest BCUT2D eigenvalue weighted by atomic mass is 32.2. The Hall–Kier alpha value is -2.64. The van der Waals surface area contributed by atoms with Crippen molar-refractivity contribution in [2.24, 2.45) is 5.41 Å². The van der Waals surface area contributed by atoms with Gasteiger partial charge in [-0.05, 0) is 20.3 Å². The SMILES string of the molecule is C[C@H](C[C@@H](O)CC(=O)SCCNC(=O)CCNC(=O)[C@H](O)C(C)(C)COP(=O)(O)OP(=O)(O)OC[C@H]1O[C@@H](n2cnc3c(N)ncnc32)[C@H](O)[C@@H]1OP(=O)(O)O)O[C@@H]1O[C@@H](C)[C@H](O)C[C@H]1O. The maximum atomic E-state index is 12.7. The molecule has 33 heteroatoms. The van der Waals surface area contributed by atoms with Gasteiger partial charge in [-0.25, -0.2) is 28.6 Å². The molecule has 29 nitrogen and oxygen atoms in total. The number of nitrogens with one attached hydrogen (secondary N) is 2. The molecule has 2 amide bonds. The quantitative estimate of drug-likeness (QED) is 0.0380. The van der Waals surface area contributed by atoms with Crippen LogP contribution in [0.1, 0.15) is 59.6 Å². The Bertz CT molecular complexity index is 2120. The highest BCUT2D eigenvalue weighted by molar-refractivity contribution is 8.13. The van der Waals surface area contributed by atoms with Gasteiger partial charge in [0.05, 0.1) is 44.0 Å². The molecule has 2 aliphatic heterocycles. The van der Waals surface area contributed by atoms with Crippen LogP contribution >= 0.6 is 35.2 Å². The van der Waals surface area contributed by atoms with Crippen LogP contribution in [0, 0.1) is 5.41 Å². The second kappa shape index (κ2) is 23.8. The van der Waals surface area contributed by atoms with Gasteiger partial charge in [-0.2, -0.15) is 4.31 Å². The second-order valence-electron chi connectivity index (χ2n) is 15.9. The van der Waals surface area contributed by atoms with E-state index in [-0.39, 0.29) is 66.6 Å². The molecule has 2 saturated heterocycles. The largest absolute Gasteiger partial charge is 0.481 e. The maximum Gasteiger partial charge on any atom is 0.481 e. The molecule has 0 radical (unpaired) electrons. The standard InChI is InChI=1S/C33H56N7O22P3S/c1-16(58-32-20(43)11-19(42)17(2)59-32)9-18(41)10-23(45)66-8-7-35-22(44)5-6-36-30(48)27(47)33(3,4)13-57-65(54,55)62-64(52,53)56-12-21-26(61-63(49,50)51)25(46)31(60-21)40-15-39-24-28(34)37-14-38-29(24)40/h14-21,25-27,31-32,41-43,46-47H,5-13H2,1-4H3,(H,35,44)(H,36,48)(H,52,53)(H,54,55)(H2,34,37,38)(H2,49,50,51)/t16-,17+,18-,19-,20-,21-,25-,26-,27+,31-,32-/m1/s1. The molecule has 0 spiro atoms. The average molecular weight is 1030 g/mol. The van der Waals surface area contributed by atoms with E-state index in [0.29, 0.717) is 0 Å². The van der Waals surface area contributed by atoms with Gasteiger partial charge in [-0.3, -0.25) is 32.5 Å². The predicted octanol–water partition coefficient (Wildman–Crippen LogP) is -1.93. The van der Waals surface area contributed by atoms with E-state index in [1.807, 2.05) is 0 Å². The first-order chi connectivity index (χ1) is 30.6. The van der Waals surface area contributed by atoms with E-state index in [1.54, 1.807) is 13.8 Å². The first-order valence-corrected chi connectivity index (χ1v) is 25.5. The third-order valence-electron chi connectivity index (χ3n) is 9.83. The van der Waals surface area contributed by atoms with E-state index in [0.717, 1.165) is 29.0 Å². The lowest BCUT2D eigenvalue weighted by molar-refractivity contribution is -0.274. The minimum Gasteiger partial charge on any atom is -0.393 e. The number of aliphatic hydroxyl groups excluding tert-OH is 5. The molecule has 13 N–H and O–H groups in total. The molecule has 4 rings (SSSR count). The van der Waals surface area contributed by atoms with E-state index in [1.165, 1.54) is 13.8 Å². The summed E-state index contributed by atoms with van der Waals surface area (Å²) in [6.07, 6.45) is -12.3. The first kappa shape index (κ1) is 56.0. The Morgan fingerprint density at radius 3 is 2.36 bits per heavy atom. The molecule has 376 valence electrons. The van der Waals surface area contributed by atoms with Gasteiger partial charge in [-0.15, -0.1) is 0 Å². The number of rotatable bonds is 25. The number of hydrogen-bond donors (Lipinski definition) is 12. The van der Waals surface area contributed by atoms with Crippen molar-refractivity contribution in [2.45, 2.75) is 121 Å². The Labute approximate surface area is 380 Å². The van der Waals surface area contributed by atoms with Crippen LogP contribution in [0.2, 0.25) is 0 Å². The minimum absolute atomic E-state index is 0.0157. The van der Waals surface area contributed by atoms with Crippen molar-refractivity contribution in [2.75, 3.05) is 37.8 Å². The number of imidazole rings is 1. The fraction of sp³-hybridized carbons (Fsp3) is 0.758. The number of nitrogens with two attached hydrogens (primary N) is 1. The zero-order chi connectivity index (χ0) is 49.4. The number of nitrogens with zero attached hydrogens (tertiary/aromatic N) is 4. The van der Waals surface area contributed by atoms with Crippen molar-refractivity contribution in [3.05, 3.63) is 12.7 Å². The van der Waals surface area contributed by atoms with Crippen LogP contribution < -0.4 is 16.4 Å². The Balaban J connectivity index is 1.14. The van der Waals surface area contributed by atoms with Crippen LogP contribution in [0.25, 0.3) is 11.2 Å². The average Bonchev–Trinajstić information content (AvgIpc) is 3.76. The molecule has 2 unspecified atom stereocenters. The van der Waals surface area contributed by atoms with E-state index < -0.39 is 121 Å². The van der Waals surface area contributed by atoms with E-state index in [2.05, 4.69) is 34.4 Å². The van der Waals surface area contributed by atoms with E-state index in [9.17, 15) is 73.2 Å². The summed E-state index contributed by atoms with van der Waals surface area (Å²) in [4.78, 5) is 88.3.